The Balaban J connectivity index is 1.53. The highest BCUT2D eigenvalue weighted by molar-refractivity contribution is 5.97. The summed E-state index contributed by atoms with van der Waals surface area (Å²) in [5, 5.41) is 13.1. The predicted molar refractivity (Wildman–Crippen MR) is 110 cm³/mol. The molecule has 1 aromatic heterocycles. The number of aromatic nitrogens is 2. The number of rotatable bonds is 6. The van der Waals surface area contributed by atoms with Gasteiger partial charge in [0.15, 0.2) is 5.82 Å². The van der Waals surface area contributed by atoms with Crippen molar-refractivity contribution < 1.29 is 0 Å². The highest BCUT2D eigenvalue weighted by Crippen LogP contribution is 2.47. The fourth-order valence-corrected chi connectivity index (χ4v) is 3.97. The van der Waals surface area contributed by atoms with Crippen LogP contribution in [0.25, 0.3) is 10.9 Å². The van der Waals surface area contributed by atoms with Gasteiger partial charge in [0, 0.05) is 43.2 Å². The van der Waals surface area contributed by atoms with Crippen molar-refractivity contribution in [1.82, 2.24) is 14.9 Å². The Morgan fingerprint density at radius 1 is 1.32 bits per heavy atom. The zero-order valence-electron chi connectivity index (χ0n) is 15.8. The van der Waals surface area contributed by atoms with Gasteiger partial charge in [0.05, 0.1) is 11.6 Å². The number of fused-ring (bicyclic) bond motifs is 2. The summed E-state index contributed by atoms with van der Waals surface area (Å²) in [4.78, 5) is 16.1. The van der Waals surface area contributed by atoms with Crippen molar-refractivity contribution in [2.45, 2.75) is 19.4 Å². The van der Waals surface area contributed by atoms with E-state index >= 15 is 0 Å². The van der Waals surface area contributed by atoms with Gasteiger partial charge in [0.25, 0.3) is 0 Å². The lowest BCUT2D eigenvalue weighted by atomic mass is 10.2. The number of likely N-dealkylation sites (tertiary alicyclic amines) is 1. The van der Waals surface area contributed by atoms with Crippen LogP contribution in [0.4, 0.5) is 11.8 Å². The standard InChI is InChI=1S/C20H24N8/c1-12(22)9-17(23)25-19-13-5-2-3-6-16(13)24-20(27-19)26-18-14-10-28(8-4-7-21)11-15(14)18/h2-3,5-6,9,14-15,18H,4,8,10-11,22H2,1H3,(H3,23,24,25,26,27)/b12-9-/t14-,15+,18?. The van der Waals surface area contributed by atoms with Gasteiger partial charge in [-0.15, -0.1) is 0 Å². The molecular weight excluding hydrogens is 352 g/mol. The summed E-state index contributed by atoms with van der Waals surface area (Å²) < 4.78 is 0. The summed E-state index contributed by atoms with van der Waals surface area (Å²) >= 11 is 0. The van der Waals surface area contributed by atoms with Crippen LogP contribution in [0.2, 0.25) is 0 Å². The number of aliphatic imine (C=N–C) groups is 1. The number of para-hydroxylation sites is 1. The number of nitrogens with two attached hydrogens (primary N) is 2. The van der Waals surface area contributed by atoms with Crippen molar-refractivity contribution in [1.29, 1.82) is 5.26 Å². The maximum atomic E-state index is 8.74. The van der Waals surface area contributed by atoms with Crippen molar-refractivity contribution in [2.75, 3.05) is 25.0 Å². The van der Waals surface area contributed by atoms with Crippen molar-refractivity contribution in [2.24, 2.45) is 28.3 Å². The van der Waals surface area contributed by atoms with Gasteiger partial charge in [-0.05, 0) is 37.0 Å². The molecule has 0 bridgehead atoms. The number of hydrogen-bond donors (Lipinski definition) is 3. The lowest BCUT2D eigenvalue weighted by Crippen LogP contribution is -2.29. The summed E-state index contributed by atoms with van der Waals surface area (Å²) in [7, 11) is 0. The Bertz CT molecular complexity index is 973. The van der Waals surface area contributed by atoms with Gasteiger partial charge in [-0.3, -0.25) is 0 Å². The average Bonchev–Trinajstić information content (AvgIpc) is 3.09. The van der Waals surface area contributed by atoms with Crippen molar-refractivity contribution >= 4 is 28.5 Å². The van der Waals surface area contributed by atoms with Crippen LogP contribution in [0.3, 0.4) is 0 Å². The number of nitriles is 1. The first-order valence-corrected chi connectivity index (χ1v) is 9.45. The number of piperidine rings is 1. The molecule has 144 valence electrons. The number of nitrogens with zero attached hydrogens (tertiary/aromatic N) is 5. The number of benzene rings is 1. The third kappa shape index (κ3) is 3.75. The molecule has 2 heterocycles. The summed E-state index contributed by atoms with van der Waals surface area (Å²) in [6.45, 7) is 4.67. The lowest BCUT2D eigenvalue weighted by Gasteiger charge is -2.18. The van der Waals surface area contributed by atoms with E-state index in [2.05, 4.69) is 31.2 Å². The van der Waals surface area contributed by atoms with Crippen LogP contribution in [0, 0.1) is 23.2 Å². The van der Waals surface area contributed by atoms with Gasteiger partial charge in [-0.2, -0.15) is 10.2 Å². The van der Waals surface area contributed by atoms with Gasteiger partial charge >= 0.3 is 0 Å². The van der Waals surface area contributed by atoms with Crippen LogP contribution < -0.4 is 16.8 Å². The van der Waals surface area contributed by atoms with Crippen LogP contribution in [0.1, 0.15) is 13.3 Å². The highest BCUT2D eigenvalue weighted by atomic mass is 15.2. The lowest BCUT2D eigenvalue weighted by molar-refractivity contribution is 0.307. The van der Waals surface area contributed by atoms with Gasteiger partial charge < -0.3 is 21.7 Å². The summed E-state index contributed by atoms with van der Waals surface area (Å²) in [5.41, 5.74) is 13.1. The first-order chi connectivity index (χ1) is 13.5. The molecule has 3 atom stereocenters. The minimum absolute atomic E-state index is 0.311. The van der Waals surface area contributed by atoms with E-state index in [-0.39, 0.29) is 0 Å². The molecule has 2 aromatic rings. The maximum absolute atomic E-state index is 8.74. The summed E-state index contributed by atoms with van der Waals surface area (Å²) in [6, 6.07) is 10.3. The van der Waals surface area contributed by atoms with Crippen LogP contribution in [-0.4, -0.2) is 46.4 Å². The van der Waals surface area contributed by atoms with E-state index < -0.39 is 0 Å². The Hall–Kier alpha value is -3.18. The average molecular weight is 376 g/mol. The van der Waals surface area contributed by atoms with Crippen LogP contribution in [0.15, 0.2) is 41.0 Å². The molecule has 1 saturated heterocycles. The second-order valence-corrected chi connectivity index (χ2v) is 7.48. The van der Waals surface area contributed by atoms with Gasteiger partial charge in [-0.25, -0.2) is 9.98 Å². The molecule has 1 aliphatic carbocycles. The Kier molecular flexibility index (Phi) is 4.84. The van der Waals surface area contributed by atoms with Crippen LogP contribution in [-0.2, 0) is 0 Å². The van der Waals surface area contributed by atoms with E-state index in [1.54, 1.807) is 13.0 Å². The smallest absolute Gasteiger partial charge is 0.225 e. The molecule has 28 heavy (non-hydrogen) atoms. The second kappa shape index (κ2) is 7.44. The molecule has 5 N–H and O–H groups in total. The normalized spacial score (nSPS) is 24.8. The molecule has 1 aliphatic heterocycles. The van der Waals surface area contributed by atoms with Gasteiger partial charge in [0.2, 0.25) is 5.95 Å². The van der Waals surface area contributed by atoms with Crippen molar-refractivity contribution in [3.05, 3.63) is 36.0 Å². The zero-order valence-corrected chi connectivity index (χ0v) is 15.8. The molecule has 0 amide bonds. The topological polar surface area (TPSA) is 129 Å². The molecule has 2 fully saturated rings. The first kappa shape index (κ1) is 18.2. The fraction of sp³-hybridized carbons (Fsp3) is 0.400. The molecule has 2 aliphatic rings. The largest absolute Gasteiger partial charge is 0.402 e. The van der Waals surface area contributed by atoms with Gasteiger partial charge in [-0.1, -0.05) is 12.1 Å². The summed E-state index contributed by atoms with van der Waals surface area (Å²) in [5.74, 6) is 2.60. The second-order valence-electron chi connectivity index (χ2n) is 7.48. The monoisotopic (exact) mass is 376 g/mol. The van der Waals surface area contributed by atoms with Crippen LogP contribution in [0.5, 0.6) is 0 Å². The zero-order chi connectivity index (χ0) is 19.7. The molecule has 8 heteroatoms. The molecule has 0 spiro atoms. The molecule has 4 rings (SSSR count). The van der Waals surface area contributed by atoms with Crippen molar-refractivity contribution in [3.63, 3.8) is 0 Å². The number of hydrogen-bond acceptors (Lipinski definition) is 7. The number of nitrogens with one attached hydrogen (secondary N) is 1. The molecule has 8 nitrogen and oxygen atoms in total. The predicted octanol–water partition coefficient (Wildman–Crippen LogP) is 1.74. The van der Waals surface area contributed by atoms with Crippen LogP contribution >= 0.6 is 0 Å². The van der Waals surface area contributed by atoms with E-state index in [0.29, 0.717) is 47.6 Å². The third-order valence-electron chi connectivity index (χ3n) is 5.30. The Morgan fingerprint density at radius 2 is 2.07 bits per heavy atom. The minimum atomic E-state index is 0.311. The van der Waals surface area contributed by atoms with E-state index in [1.165, 1.54) is 0 Å². The molecule has 1 unspecified atom stereocenters. The Labute approximate surface area is 164 Å². The first-order valence-electron chi connectivity index (χ1n) is 9.45. The SMILES string of the molecule is C/C(N)=C/C(N)=Nc1nc(NC2[C@H]3CN(CCC#N)C[C@@H]23)nc2ccccc12. The fourth-order valence-electron chi connectivity index (χ4n) is 3.97. The minimum Gasteiger partial charge on any atom is -0.402 e. The highest BCUT2D eigenvalue weighted by Gasteiger charge is 2.55. The third-order valence-corrected chi connectivity index (χ3v) is 5.30. The maximum Gasteiger partial charge on any atom is 0.225 e. The van der Waals surface area contributed by atoms with Crippen molar-refractivity contribution in [3.8, 4) is 6.07 Å². The molecule has 1 aromatic carbocycles. The number of anilines is 1. The molecule has 1 saturated carbocycles. The van der Waals surface area contributed by atoms with E-state index in [9.17, 15) is 0 Å². The summed E-state index contributed by atoms with van der Waals surface area (Å²) in [6.07, 6.45) is 2.20. The van der Waals surface area contributed by atoms with E-state index in [0.717, 1.165) is 30.5 Å². The quantitative estimate of drug-likeness (QED) is 0.517. The van der Waals surface area contributed by atoms with E-state index in [4.69, 9.17) is 16.7 Å². The van der Waals surface area contributed by atoms with Gasteiger partial charge in [0.1, 0.15) is 5.84 Å². The van der Waals surface area contributed by atoms with E-state index in [1.807, 2.05) is 24.3 Å². The molecule has 0 radical (unpaired) electrons. The number of allylic oxidation sites excluding steroid dienone is 1. The molecular formula is C20H24N8. The Morgan fingerprint density at radius 3 is 2.79 bits per heavy atom. The number of amidine groups is 1.